The van der Waals surface area contributed by atoms with Crippen molar-refractivity contribution >= 4 is 22.9 Å². The van der Waals surface area contributed by atoms with E-state index in [2.05, 4.69) is 15.5 Å². The Morgan fingerprint density at radius 2 is 1.88 bits per heavy atom. The summed E-state index contributed by atoms with van der Waals surface area (Å²) >= 11 is 0. The predicted octanol–water partition coefficient (Wildman–Crippen LogP) is 4.05. The van der Waals surface area contributed by atoms with Gasteiger partial charge in [-0.1, -0.05) is 34.9 Å². The van der Waals surface area contributed by atoms with Gasteiger partial charge in [0.25, 0.3) is 5.91 Å². The summed E-state index contributed by atoms with van der Waals surface area (Å²) in [6, 6.07) is 14.7. The molecule has 2 aromatic heterocycles. The van der Waals surface area contributed by atoms with Gasteiger partial charge < -0.3 is 13.6 Å². The molecule has 0 aliphatic rings. The van der Waals surface area contributed by atoms with Crippen LogP contribution < -0.4 is 10.1 Å². The molecule has 0 fully saturated rings. The quantitative estimate of drug-likeness (QED) is 0.598. The number of anilines is 1. The molecule has 0 bridgehead atoms. The van der Waals surface area contributed by atoms with Crippen LogP contribution in [0.5, 0.6) is 5.75 Å². The van der Waals surface area contributed by atoms with Crippen LogP contribution in [-0.2, 0) is 0 Å². The van der Waals surface area contributed by atoms with Gasteiger partial charge >= 0.3 is 6.01 Å². The zero-order valence-corrected chi connectivity index (χ0v) is 14.1. The number of rotatable bonds is 4. The van der Waals surface area contributed by atoms with Gasteiger partial charge in [-0.25, -0.2) is 0 Å². The Kier molecular flexibility index (Phi) is 3.89. The van der Waals surface area contributed by atoms with E-state index in [1.54, 1.807) is 19.2 Å². The molecule has 0 unspecified atom stereocenters. The van der Waals surface area contributed by atoms with E-state index in [0.717, 1.165) is 16.5 Å². The molecule has 0 radical (unpaired) electrons. The first-order valence-corrected chi connectivity index (χ1v) is 7.92. The minimum absolute atomic E-state index is 0.00186. The maximum atomic E-state index is 12.4. The van der Waals surface area contributed by atoms with E-state index in [4.69, 9.17) is 13.6 Å². The minimum atomic E-state index is -0.484. The molecule has 2 aromatic carbocycles. The number of ether oxygens (including phenoxy) is 1. The number of nitrogens with one attached hydrogen (secondary N) is 1. The van der Waals surface area contributed by atoms with Gasteiger partial charge in [-0.3, -0.25) is 10.1 Å². The Labute approximate surface area is 148 Å². The highest BCUT2D eigenvalue weighted by Gasteiger charge is 2.17. The molecule has 0 spiro atoms. The van der Waals surface area contributed by atoms with Crippen molar-refractivity contribution in [3.8, 4) is 17.2 Å². The number of para-hydroxylation sites is 1. The molecule has 2 heterocycles. The lowest BCUT2D eigenvalue weighted by Crippen LogP contribution is -2.10. The fraction of sp³-hybridized carbons (Fsp3) is 0.105. The summed E-state index contributed by atoms with van der Waals surface area (Å²) in [5.41, 5.74) is 2.41. The number of hydrogen-bond donors (Lipinski definition) is 1. The van der Waals surface area contributed by atoms with Crippen molar-refractivity contribution in [2.45, 2.75) is 6.92 Å². The molecule has 1 amide bonds. The second-order valence-corrected chi connectivity index (χ2v) is 5.72. The number of carbonyl (C=O) groups excluding carboxylic acids is 1. The van der Waals surface area contributed by atoms with Gasteiger partial charge in [0.15, 0.2) is 17.1 Å². The van der Waals surface area contributed by atoms with Gasteiger partial charge in [0.05, 0.1) is 7.11 Å². The Hall–Kier alpha value is -3.61. The molecule has 4 rings (SSSR count). The zero-order chi connectivity index (χ0) is 18.1. The number of nitrogens with zero attached hydrogens (tertiary/aromatic N) is 2. The summed E-state index contributed by atoms with van der Waals surface area (Å²) in [7, 11) is 1.54. The van der Waals surface area contributed by atoms with Crippen molar-refractivity contribution in [2.24, 2.45) is 0 Å². The minimum Gasteiger partial charge on any atom is -0.493 e. The van der Waals surface area contributed by atoms with Crippen molar-refractivity contribution in [1.82, 2.24) is 10.2 Å². The smallest absolute Gasteiger partial charge is 0.322 e. The van der Waals surface area contributed by atoms with Crippen molar-refractivity contribution < 1.29 is 18.4 Å². The van der Waals surface area contributed by atoms with E-state index < -0.39 is 5.91 Å². The van der Waals surface area contributed by atoms with Crippen LogP contribution in [-0.4, -0.2) is 23.2 Å². The number of furan rings is 1. The third kappa shape index (κ3) is 2.90. The van der Waals surface area contributed by atoms with E-state index in [1.165, 1.54) is 0 Å². The summed E-state index contributed by atoms with van der Waals surface area (Å²) in [5, 5.41) is 11.1. The average molecular weight is 349 g/mol. The van der Waals surface area contributed by atoms with Crippen LogP contribution >= 0.6 is 0 Å². The monoisotopic (exact) mass is 349 g/mol. The van der Waals surface area contributed by atoms with Crippen LogP contribution in [0.3, 0.4) is 0 Å². The predicted molar refractivity (Wildman–Crippen MR) is 95.2 cm³/mol. The maximum absolute atomic E-state index is 12.4. The number of methoxy groups -OCH3 is 1. The molecule has 0 saturated heterocycles. The molecule has 0 atom stereocenters. The van der Waals surface area contributed by atoms with Gasteiger partial charge in [0.2, 0.25) is 5.89 Å². The molecule has 4 aromatic rings. The van der Waals surface area contributed by atoms with E-state index in [0.29, 0.717) is 17.2 Å². The molecule has 0 saturated carbocycles. The third-order valence-corrected chi connectivity index (χ3v) is 3.90. The van der Waals surface area contributed by atoms with Gasteiger partial charge in [0.1, 0.15) is 0 Å². The lowest BCUT2D eigenvalue weighted by Gasteiger charge is -1.99. The highest BCUT2D eigenvalue weighted by Crippen LogP contribution is 2.29. The van der Waals surface area contributed by atoms with Crippen molar-refractivity contribution in [3.05, 3.63) is 59.9 Å². The lowest BCUT2D eigenvalue weighted by molar-refractivity contribution is 0.0995. The standard InChI is InChI=1S/C19H15N3O4/c1-11-6-8-12(9-7-11)18-21-22-19(26-18)20-17(23)15-10-13-4-3-5-14(24-2)16(13)25-15/h3-10H,1-2H3,(H,20,22,23). The largest absolute Gasteiger partial charge is 0.493 e. The zero-order valence-electron chi connectivity index (χ0n) is 14.1. The Bertz CT molecular complexity index is 1080. The summed E-state index contributed by atoms with van der Waals surface area (Å²) < 4.78 is 16.3. The number of carbonyl (C=O) groups is 1. The molecule has 7 heteroatoms. The Balaban J connectivity index is 1.56. The topological polar surface area (TPSA) is 90.4 Å². The highest BCUT2D eigenvalue weighted by molar-refractivity contribution is 6.04. The molecule has 0 aliphatic carbocycles. The second kappa shape index (κ2) is 6.36. The first-order valence-electron chi connectivity index (χ1n) is 7.92. The van der Waals surface area contributed by atoms with Crippen LogP contribution in [0.4, 0.5) is 6.01 Å². The number of hydrogen-bond acceptors (Lipinski definition) is 6. The van der Waals surface area contributed by atoms with Crippen LogP contribution in [0.2, 0.25) is 0 Å². The van der Waals surface area contributed by atoms with Crippen molar-refractivity contribution in [1.29, 1.82) is 0 Å². The number of fused-ring (bicyclic) bond motifs is 1. The molecule has 0 aliphatic heterocycles. The lowest BCUT2D eigenvalue weighted by atomic mass is 10.1. The van der Waals surface area contributed by atoms with Gasteiger partial charge in [0, 0.05) is 10.9 Å². The molecule has 130 valence electrons. The van der Waals surface area contributed by atoms with Gasteiger partial charge in [-0.2, -0.15) is 0 Å². The number of aromatic nitrogens is 2. The fourth-order valence-corrected chi connectivity index (χ4v) is 2.55. The molecular formula is C19H15N3O4. The normalized spacial score (nSPS) is 10.8. The van der Waals surface area contributed by atoms with Crippen LogP contribution in [0.15, 0.2) is 57.4 Å². The SMILES string of the molecule is COc1cccc2cc(C(=O)Nc3nnc(-c4ccc(C)cc4)o3)oc12. The molecule has 7 nitrogen and oxygen atoms in total. The number of amides is 1. The fourth-order valence-electron chi connectivity index (χ4n) is 2.55. The summed E-state index contributed by atoms with van der Waals surface area (Å²) in [6.45, 7) is 1.99. The van der Waals surface area contributed by atoms with E-state index >= 15 is 0 Å². The number of aryl methyl sites for hydroxylation is 1. The Morgan fingerprint density at radius 3 is 2.65 bits per heavy atom. The van der Waals surface area contributed by atoms with Crippen molar-refractivity contribution in [2.75, 3.05) is 12.4 Å². The number of benzene rings is 2. The molecule has 26 heavy (non-hydrogen) atoms. The third-order valence-electron chi connectivity index (χ3n) is 3.90. The maximum Gasteiger partial charge on any atom is 0.322 e. The van der Waals surface area contributed by atoms with Gasteiger partial charge in [-0.15, -0.1) is 5.10 Å². The second-order valence-electron chi connectivity index (χ2n) is 5.72. The first kappa shape index (κ1) is 15.9. The van der Waals surface area contributed by atoms with E-state index in [1.807, 2.05) is 43.3 Å². The van der Waals surface area contributed by atoms with E-state index in [9.17, 15) is 4.79 Å². The van der Waals surface area contributed by atoms with Crippen LogP contribution in [0, 0.1) is 6.92 Å². The first-order chi connectivity index (χ1) is 12.6. The summed E-state index contributed by atoms with van der Waals surface area (Å²) in [6.07, 6.45) is 0. The summed E-state index contributed by atoms with van der Waals surface area (Å²) in [4.78, 5) is 12.4. The van der Waals surface area contributed by atoms with Gasteiger partial charge in [-0.05, 0) is 31.2 Å². The average Bonchev–Trinajstić information content (AvgIpc) is 3.29. The summed E-state index contributed by atoms with van der Waals surface area (Å²) in [5.74, 6) is 0.523. The highest BCUT2D eigenvalue weighted by atomic mass is 16.5. The molecular weight excluding hydrogens is 334 g/mol. The van der Waals surface area contributed by atoms with Crippen molar-refractivity contribution in [3.63, 3.8) is 0 Å². The van der Waals surface area contributed by atoms with Crippen LogP contribution in [0.1, 0.15) is 16.1 Å². The van der Waals surface area contributed by atoms with Crippen LogP contribution in [0.25, 0.3) is 22.4 Å². The van der Waals surface area contributed by atoms with E-state index in [-0.39, 0.29) is 11.8 Å². The molecule has 1 N–H and O–H groups in total. The Morgan fingerprint density at radius 1 is 1.08 bits per heavy atom.